The molecule has 0 spiro atoms. The number of phosphoric acid groups is 1. The summed E-state index contributed by atoms with van der Waals surface area (Å²) in [7, 11) is -5.25. The maximum atomic E-state index is 10.7. The predicted octanol–water partition coefficient (Wildman–Crippen LogP) is -0.701. The highest BCUT2D eigenvalue weighted by molar-refractivity contribution is 7.43. The number of fused-ring (bicyclic) bond motifs is 1. The molecule has 160 valence electrons. The Kier molecular flexibility index (Phi) is 5.79. The van der Waals surface area contributed by atoms with Crippen LogP contribution in [0.2, 0.25) is 5.28 Å². The molecule has 3 heterocycles. The van der Waals surface area contributed by atoms with Gasteiger partial charge >= 0.3 is 0 Å². The maximum absolute atomic E-state index is 10.7. The Bertz CT molecular complexity index is 933. The summed E-state index contributed by atoms with van der Waals surface area (Å²) in [6.07, 6.45) is 0.288. The molecule has 14 heteroatoms. The summed E-state index contributed by atoms with van der Waals surface area (Å²) in [5, 5.41) is 23.8. The van der Waals surface area contributed by atoms with Crippen LogP contribution in [0.5, 0.6) is 0 Å². The van der Waals surface area contributed by atoms with Gasteiger partial charge in [-0.2, -0.15) is 9.97 Å². The molecule has 4 atom stereocenters. The Morgan fingerprint density at radius 3 is 2.72 bits per heavy atom. The summed E-state index contributed by atoms with van der Waals surface area (Å²) in [5.74, 6) is 0.456. The van der Waals surface area contributed by atoms with Gasteiger partial charge in [0.25, 0.3) is 0 Å². The average Bonchev–Trinajstić information content (AvgIpc) is 3.35. The van der Waals surface area contributed by atoms with Crippen molar-refractivity contribution in [3.63, 3.8) is 0 Å². The Morgan fingerprint density at radius 2 is 2.03 bits per heavy atom. The molecular weight excluding hydrogens is 429 g/mol. The van der Waals surface area contributed by atoms with E-state index >= 15 is 0 Å². The minimum Gasteiger partial charge on any atom is -0.790 e. The number of ether oxygens (including phenoxy) is 1. The van der Waals surface area contributed by atoms with Gasteiger partial charge in [-0.05, 0) is 24.4 Å². The molecule has 1 aliphatic carbocycles. The number of anilines is 1. The van der Waals surface area contributed by atoms with E-state index in [4.69, 9.17) is 16.3 Å². The van der Waals surface area contributed by atoms with Crippen molar-refractivity contribution in [2.24, 2.45) is 0 Å². The van der Waals surface area contributed by atoms with Gasteiger partial charge in [-0.3, -0.25) is 4.57 Å². The van der Waals surface area contributed by atoms with Crippen LogP contribution in [0.3, 0.4) is 0 Å². The maximum Gasteiger partial charge on any atom is 0.226 e. The standard InChI is InChI=1S/C15H21ClN5O7P/c16-15-19-12(18-7-3-1-2-4-7)9-13(20-15)21(6-17-9)14-11(23)10(22)8(28-14)5-27-29(24,25)26/h6-8,10-11,14,22-23H,1-5H2,(H,18,19,20)(H2,24,25,26)/p-2/t8-,10-,11-,14-/m1/s1. The molecule has 2 aliphatic rings. The molecule has 0 bridgehead atoms. The fourth-order valence-corrected chi connectivity index (χ4v) is 4.20. The Morgan fingerprint density at radius 1 is 1.31 bits per heavy atom. The van der Waals surface area contributed by atoms with Crippen LogP contribution in [0.4, 0.5) is 5.82 Å². The van der Waals surface area contributed by atoms with Crippen molar-refractivity contribution in [3.05, 3.63) is 11.6 Å². The van der Waals surface area contributed by atoms with Crippen LogP contribution < -0.4 is 15.1 Å². The Balaban J connectivity index is 1.60. The molecule has 0 radical (unpaired) electrons. The van der Waals surface area contributed by atoms with Crippen LogP contribution in [0, 0.1) is 0 Å². The predicted molar refractivity (Wildman–Crippen MR) is 95.7 cm³/mol. The normalized spacial score (nSPS) is 28.4. The zero-order valence-electron chi connectivity index (χ0n) is 15.0. The number of nitrogens with zero attached hydrogens (tertiary/aromatic N) is 4. The highest BCUT2D eigenvalue weighted by atomic mass is 35.5. The zero-order valence-corrected chi connectivity index (χ0v) is 16.7. The smallest absolute Gasteiger partial charge is 0.226 e. The summed E-state index contributed by atoms with van der Waals surface area (Å²) < 4.78 is 21.7. The van der Waals surface area contributed by atoms with Gasteiger partial charge in [-0.1, -0.05) is 12.8 Å². The number of hydrogen-bond acceptors (Lipinski definition) is 11. The van der Waals surface area contributed by atoms with Crippen molar-refractivity contribution in [2.75, 3.05) is 11.9 Å². The third-order valence-corrected chi connectivity index (χ3v) is 5.73. The van der Waals surface area contributed by atoms with Crippen molar-refractivity contribution in [1.82, 2.24) is 19.5 Å². The molecule has 1 saturated carbocycles. The summed E-state index contributed by atoms with van der Waals surface area (Å²) in [5.41, 5.74) is 0.677. The molecule has 0 amide bonds. The van der Waals surface area contributed by atoms with Crippen molar-refractivity contribution in [2.45, 2.75) is 56.3 Å². The fourth-order valence-electron chi connectivity index (χ4n) is 3.70. The first kappa shape index (κ1) is 20.9. The van der Waals surface area contributed by atoms with E-state index in [1.807, 2.05) is 0 Å². The van der Waals surface area contributed by atoms with Crippen LogP contribution in [-0.2, 0) is 13.8 Å². The molecule has 0 aromatic carbocycles. The Labute approximate surface area is 170 Å². The Hall–Kier alpha value is -1.37. The topological polar surface area (TPSA) is 178 Å². The minimum atomic E-state index is -5.25. The van der Waals surface area contributed by atoms with E-state index in [1.54, 1.807) is 0 Å². The molecule has 1 aliphatic heterocycles. The number of aliphatic hydroxyl groups is 2. The third kappa shape index (κ3) is 4.39. The van der Waals surface area contributed by atoms with E-state index in [2.05, 4.69) is 24.8 Å². The highest BCUT2D eigenvalue weighted by Gasteiger charge is 2.44. The second-order valence-electron chi connectivity index (χ2n) is 7.08. The second kappa shape index (κ2) is 8.05. The van der Waals surface area contributed by atoms with Crippen molar-refractivity contribution >= 4 is 36.4 Å². The van der Waals surface area contributed by atoms with Gasteiger partial charge in [0.15, 0.2) is 23.2 Å². The lowest BCUT2D eigenvalue weighted by atomic mass is 10.1. The first-order valence-corrected chi connectivity index (χ1v) is 10.9. The number of halogens is 1. The molecule has 2 aromatic heterocycles. The largest absolute Gasteiger partial charge is 0.790 e. The molecule has 29 heavy (non-hydrogen) atoms. The second-order valence-corrected chi connectivity index (χ2v) is 8.57. The molecule has 0 unspecified atom stereocenters. The van der Waals surface area contributed by atoms with Gasteiger partial charge in [0.05, 0.1) is 20.8 Å². The molecule has 3 N–H and O–H groups in total. The van der Waals surface area contributed by atoms with Crippen LogP contribution in [0.1, 0.15) is 31.9 Å². The van der Waals surface area contributed by atoms with E-state index in [0.717, 1.165) is 25.7 Å². The minimum absolute atomic E-state index is 0.0358. The molecule has 2 fully saturated rings. The van der Waals surface area contributed by atoms with Crippen molar-refractivity contribution in [1.29, 1.82) is 0 Å². The van der Waals surface area contributed by atoms with Gasteiger partial charge in [0.1, 0.15) is 18.3 Å². The molecule has 4 rings (SSSR count). The SMILES string of the molecule is O=P([O-])([O-])OC[C@H]1O[C@@H](n2cnc3c(NC4CCCC4)nc(Cl)nc32)[C@H](O)[C@@H]1O. The molecular formula is C15H19ClN5O7P-2. The number of imidazole rings is 1. The van der Waals surface area contributed by atoms with Crippen molar-refractivity contribution in [3.8, 4) is 0 Å². The number of rotatable bonds is 6. The lowest BCUT2D eigenvalue weighted by molar-refractivity contribution is -0.343. The summed E-state index contributed by atoms with van der Waals surface area (Å²) >= 11 is 6.06. The van der Waals surface area contributed by atoms with Gasteiger partial charge in [0, 0.05) is 6.04 Å². The number of phosphoric ester groups is 1. The lowest BCUT2D eigenvalue weighted by Crippen LogP contribution is -2.34. The van der Waals surface area contributed by atoms with E-state index in [1.165, 1.54) is 10.9 Å². The number of aromatic nitrogens is 4. The van der Waals surface area contributed by atoms with Gasteiger partial charge in [-0.15, -0.1) is 0 Å². The average molecular weight is 448 g/mol. The third-order valence-electron chi connectivity index (χ3n) is 5.10. The number of aliphatic hydroxyl groups excluding tert-OH is 2. The molecule has 2 aromatic rings. The van der Waals surface area contributed by atoms with Crippen LogP contribution in [-0.4, -0.2) is 60.7 Å². The van der Waals surface area contributed by atoms with Crippen LogP contribution in [0.15, 0.2) is 6.33 Å². The first-order chi connectivity index (χ1) is 13.7. The summed E-state index contributed by atoms with van der Waals surface area (Å²) in [4.78, 5) is 34.0. The quantitative estimate of drug-likeness (QED) is 0.376. The van der Waals surface area contributed by atoms with E-state index < -0.39 is 39.0 Å². The van der Waals surface area contributed by atoms with Gasteiger partial charge in [-0.25, -0.2) is 4.98 Å². The van der Waals surface area contributed by atoms with Crippen molar-refractivity contribution < 1.29 is 33.8 Å². The van der Waals surface area contributed by atoms with E-state index in [9.17, 15) is 24.6 Å². The highest BCUT2D eigenvalue weighted by Crippen LogP contribution is 2.35. The number of hydrogen-bond donors (Lipinski definition) is 3. The molecule has 1 saturated heterocycles. The summed E-state index contributed by atoms with van der Waals surface area (Å²) in [6.45, 7) is -0.726. The van der Waals surface area contributed by atoms with E-state index in [0.29, 0.717) is 11.3 Å². The van der Waals surface area contributed by atoms with Gasteiger partial charge in [0.2, 0.25) is 5.28 Å². The monoisotopic (exact) mass is 447 g/mol. The van der Waals surface area contributed by atoms with Gasteiger partial charge < -0.3 is 39.1 Å². The number of nitrogens with one attached hydrogen (secondary N) is 1. The zero-order chi connectivity index (χ0) is 20.8. The van der Waals surface area contributed by atoms with E-state index in [-0.39, 0.29) is 17.0 Å². The van der Waals surface area contributed by atoms with Crippen LogP contribution in [0.25, 0.3) is 11.2 Å². The lowest BCUT2D eigenvalue weighted by Gasteiger charge is -2.30. The fraction of sp³-hybridized carbons (Fsp3) is 0.667. The first-order valence-electron chi connectivity index (χ1n) is 9.08. The van der Waals surface area contributed by atoms with Crippen LogP contribution >= 0.6 is 19.4 Å². The molecule has 12 nitrogen and oxygen atoms in total. The summed E-state index contributed by atoms with van der Waals surface area (Å²) in [6, 6.07) is 0.251.